The Morgan fingerprint density at radius 3 is 2.44 bits per heavy atom. The number of methoxy groups -OCH3 is 1. The number of sulfonamides is 1. The Bertz CT molecular complexity index is 1570. The van der Waals surface area contributed by atoms with Gasteiger partial charge in [0.1, 0.15) is 5.75 Å². The molecule has 0 aliphatic rings. The van der Waals surface area contributed by atoms with E-state index < -0.39 is 47.1 Å². The summed E-state index contributed by atoms with van der Waals surface area (Å²) in [5.74, 6) is -0.325. The number of rotatable bonds is 6. The van der Waals surface area contributed by atoms with Crippen LogP contribution in [0.5, 0.6) is 5.75 Å². The van der Waals surface area contributed by atoms with Crippen molar-refractivity contribution in [1.82, 2.24) is 10.2 Å². The van der Waals surface area contributed by atoms with Crippen LogP contribution in [0.15, 0.2) is 53.5 Å². The Balaban J connectivity index is 2.39. The predicted molar refractivity (Wildman–Crippen MR) is 129 cm³/mol. The van der Waals surface area contributed by atoms with E-state index in [-0.39, 0.29) is 22.4 Å². The molecule has 0 aliphatic heterocycles. The number of aromatic nitrogens is 2. The molecule has 0 saturated heterocycles. The lowest BCUT2D eigenvalue weighted by atomic mass is 9.83. The van der Waals surface area contributed by atoms with E-state index in [1.807, 2.05) is 0 Å². The van der Waals surface area contributed by atoms with Gasteiger partial charge in [0, 0.05) is 35.3 Å². The van der Waals surface area contributed by atoms with E-state index in [2.05, 4.69) is 14.9 Å². The molecule has 8 heteroatoms. The minimum Gasteiger partial charge on any atom is -0.496 e. The van der Waals surface area contributed by atoms with Gasteiger partial charge in [-0.25, -0.2) is 13.5 Å². The van der Waals surface area contributed by atoms with Gasteiger partial charge in [-0.05, 0) is 46.9 Å². The van der Waals surface area contributed by atoms with Crippen LogP contribution in [0.2, 0.25) is 0 Å². The molecule has 0 bridgehead atoms. The number of benzene rings is 2. The number of nitrogens with zero attached hydrogens (tertiary/aromatic N) is 1. The lowest BCUT2D eigenvalue weighted by Gasteiger charge is -2.24. The van der Waals surface area contributed by atoms with E-state index in [4.69, 9.17) is 17.1 Å². The highest BCUT2D eigenvalue weighted by Crippen LogP contribution is 2.38. The Morgan fingerprint density at radius 2 is 1.84 bits per heavy atom. The lowest BCUT2D eigenvalue weighted by Crippen LogP contribution is -2.15. The predicted octanol–water partition coefficient (Wildman–Crippen LogP) is 4.28. The monoisotopic (exact) mass is 462 g/mol. The van der Waals surface area contributed by atoms with Crippen molar-refractivity contribution < 1.29 is 25.5 Å². The zero-order valence-electron chi connectivity index (χ0n) is 26.3. The third-order valence-corrected chi connectivity index (χ3v) is 5.04. The Morgan fingerprint density at radius 1 is 1.12 bits per heavy atom. The van der Waals surface area contributed by atoms with Crippen molar-refractivity contribution in [3.8, 4) is 16.9 Å². The molecule has 0 fully saturated rings. The van der Waals surface area contributed by atoms with Gasteiger partial charge >= 0.3 is 0 Å². The standard InChI is InChI=1S/C24H27N3O4S/c1-24(2,3)21-15-18(20-12-13-25-26-23(20)28)14-17(22(21)31-4)9-6-16-7-10-19(11-8-16)27-32(5,29)30/h6-15,27H,1-5H3,(H,26,28)/b9-6+/i1D3,2D3,3D3. The first-order valence-corrected chi connectivity index (χ1v) is 11.1. The summed E-state index contributed by atoms with van der Waals surface area (Å²) in [6.07, 6.45) is 5.23. The summed E-state index contributed by atoms with van der Waals surface area (Å²) in [4.78, 5) is 12.6. The second kappa shape index (κ2) is 9.00. The van der Waals surface area contributed by atoms with Crippen LogP contribution in [-0.4, -0.2) is 32.0 Å². The van der Waals surface area contributed by atoms with E-state index in [0.717, 1.165) is 19.4 Å². The summed E-state index contributed by atoms with van der Waals surface area (Å²) in [6, 6.07) is 9.92. The van der Waals surface area contributed by atoms with Crippen LogP contribution in [0, 0.1) is 0 Å². The average molecular weight is 463 g/mol. The number of anilines is 1. The van der Waals surface area contributed by atoms with Crippen molar-refractivity contribution in [2.24, 2.45) is 0 Å². The third-order valence-electron chi connectivity index (χ3n) is 4.43. The molecule has 3 rings (SSSR count). The van der Waals surface area contributed by atoms with Crippen LogP contribution in [0.1, 0.15) is 49.6 Å². The fourth-order valence-corrected chi connectivity index (χ4v) is 3.63. The first kappa shape index (κ1) is 13.9. The lowest BCUT2D eigenvalue weighted by molar-refractivity contribution is 0.397. The van der Waals surface area contributed by atoms with Gasteiger partial charge in [0.05, 0.1) is 18.9 Å². The summed E-state index contributed by atoms with van der Waals surface area (Å²) in [7, 11) is -2.36. The molecule has 0 atom stereocenters. The van der Waals surface area contributed by atoms with Crippen LogP contribution in [0.3, 0.4) is 0 Å². The summed E-state index contributed by atoms with van der Waals surface area (Å²) < 4.78 is 104. The zero-order valence-corrected chi connectivity index (χ0v) is 18.1. The summed E-state index contributed by atoms with van der Waals surface area (Å²) in [5, 5.41) is 5.87. The van der Waals surface area contributed by atoms with Crippen molar-refractivity contribution in [3.05, 3.63) is 75.7 Å². The second-order valence-corrected chi connectivity index (χ2v) is 8.77. The van der Waals surface area contributed by atoms with Crippen molar-refractivity contribution >= 4 is 27.9 Å². The van der Waals surface area contributed by atoms with E-state index >= 15 is 0 Å². The Labute approximate surface area is 200 Å². The molecular weight excluding hydrogens is 426 g/mol. The average Bonchev–Trinajstić information content (AvgIpc) is 2.80. The minimum absolute atomic E-state index is 0.0229. The molecule has 2 aromatic carbocycles. The van der Waals surface area contributed by atoms with Crippen molar-refractivity contribution in [2.75, 3.05) is 18.1 Å². The van der Waals surface area contributed by atoms with Crippen LogP contribution in [0.4, 0.5) is 5.69 Å². The minimum atomic E-state index is -3.58. The zero-order chi connectivity index (χ0) is 31.0. The molecule has 2 N–H and O–H groups in total. The number of hydrogen-bond donors (Lipinski definition) is 2. The third kappa shape index (κ3) is 5.64. The number of ether oxygens (including phenoxy) is 1. The van der Waals surface area contributed by atoms with Gasteiger partial charge in [-0.1, -0.05) is 44.8 Å². The molecule has 3 aromatic rings. The first-order chi connectivity index (χ1) is 18.7. The molecule has 32 heavy (non-hydrogen) atoms. The fraction of sp³-hybridized carbons (Fsp3) is 0.250. The molecule has 0 unspecified atom stereocenters. The second-order valence-electron chi connectivity index (χ2n) is 7.03. The van der Waals surface area contributed by atoms with Crippen LogP contribution in [-0.2, 0) is 15.4 Å². The molecule has 0 amide bonds. The van der Waals surface area contributed by atoms with Crippen molar-refractivity contribution in [2.45, 2.75) is 26.0 Å². The van der Waals surface area contributed by atoms with E-state index in [1.54, 1.807) is 12.1 Å². The van der Waals surface area contributed by atoms with E-state index in [1.165, 1.54) is 42.6 Å². The maximum absolute atomic E-state index is 12.6. The molecule has 0 spiro atoms. The van der Waals surface area contributed by atoms with Gasteiger partial charge in [-0.3, -0.25) is 9.52 Å². The number of hydrogen-bond acceptors (Lipinski definition) is 5. The summed E-state index contributed by atoms with van der Waals surface area (Å²) in [5.41, 5.74) is -3.80. The molecule has 0 radical (unpaired) electrons. The SMILES string of the molecule is [2H]C([2H])([2H])C(c1cc(-c2ccn[nH]c2=O)cc(/C=C/c2ccc(NS(C)(=O)=O)cc2)c1OC)(C([2H])([2H])[2H])C([2H])([2H])[2H]. The highest BCUT2D eigenvalue weighted by Gasteiger charge is 2.22. The Kier molecular flexibility index (Phi) is 3.91. The summed E-state index contributed by atoms with van der Waals surface area (Å²) >= 11 is 0. The molecule has 168 valence electrons. The van der Waals surface area contributed by atoms with Gasteiger partial charge in [0.25, 0.3) is 5.56 Å². The van der Waals surface area contributed by atoms with Crippen molar-refractivity contribution in [1.29, 1.82) is 0 Å². The Hall–Kier alpha value is -3.39. The van der Waals surface area contributed by atoms with Gasteiger partial charge in [0.2, 0.25) is 10.0 Å². The molecule has 1 heterocycles. The quantitative estimate of drug-likeness (QED) is 0.532. The van der Waals surface area contributed by atoms with Gasteiger partial charge < -0.3 is 4.74 Å². The molecular formula is C24H27N3O4S. The number of H-pyrrole nitrogens is 1. The normalized spacial score (nSPS) is 17.5. The van der Waals surface area contributed by atoms with Gasteiger partial charge in [-0.15, -0.1) is 0 Å². The molecule has 0 saturated carbocycles. The summed E-state index contributed by atoms with van der Waals surface area (Å²) in [6.45, 7) is -10.7. The first-order valence-electron chi connectivity index (χ1n) is 13.8. The van der Waals surface area contributed by atoms with Crippen molar-refractivity contribution in [3.63, 3.8) is 0 Å². The smallest absolute Gasteiger partial charge is 0.272 e. The maximum Gasteiger partial charge on any atom is 0.272 e. The maximum atomic E-state index is 12.6. The number of aromatic amines is 1. The van der Waals surface area contributed by atoms with Crippen LogP contribution < -0.4 is 15.0 Å². The fourth-order valence-electron chi connectivity index (χ4n) is 3.07. The number of nitrogens with one attached hydrogen (secondary N) is 2. The highest BCUT2D eigenvalue weighted by molar-refractivity contribution is 7.92. The largest absolute Gasteiger partial charge is 0.496 e. The topological polar surface area (TPSA) is 101 Å². The van der Waals surface area contributed by atoms with E-state index in [0.29, 0.717) is 11.3 Å². The van der Waals surface area contributed by atoms with Gasteiger partial charge in [0.15, 0.2) is 0 Å². The van der Waals surface area contributed by atoms with Crippen LogP contribution >= 0.6 is 0 Å². The molecule has 0 aliphatic carbocycles. The molecule has 7 nitrogen and oxygen atoms in total. The van der Waals surface area contributed by atoms with Crippen LogP contribution in [0.25, 0.3) is 23.3 Å². The van der Waals surface area contributed by atoms with Gasteiger partial charge in [-0.2, -0.15) is 5.10 Å². The van der Waals surface area contributed by atoms with E-state index in [9.17, 15) is 13.2 Å². The molecule has 1 aromatic heterocycles. The highest BCUT2D eigenvalue weighted by atomic mass is 32.2.